The maximum Gasteiger partial charge on any atom is 0.308 e. The molecule has 0 spiro atoms. The van der Waals surface area contributed by atoms with Gasteiger partial charge in [0.25, 0.3) is 0 Å². The molecule has 0 N–H and O–H groups in total. The zero-order valence-corrected chi connectivity index (χ0v) is 10.6. The van der Waals surface area contributed by atoms with E-state index in [0.29, 0.717) is 11.5 Å². The summed E-state index contributed by atoms with van der Waals surface area (Å²) in [4.78, 5) is 22.1. The van der Waals surface area contributed by atoms with Gasteiger partial charge in [0.2, 0.25) is 0 Å². The molecule has 1 aromatic carbocycles. The molecule has 2 rings (SSSR count). The van der Waals surface area contributed by atoms with Gasteiger partial charge < -0.3 is 9.47 Å². The second kappa shape index (κ2) is 5.21. The van der Waals surface area contributed by atoms with Crippen molar-refractivity contribution in [3.05, 3.63) is 23.3 Å². The van der Waals surface area contributed by atoms with E-state index in [0.717, 1.165) is 25.7 Å². The Labute approximate surface area is 106 Å². The van der Waals surface area contributed by atoms with Crippen molar-refractivity contribution in [3.8, 4) is 11.5 Å². The number of hydrogen-bond donors (Lipinski definition) is 0. The molecule has 4 heteroatoms. The third-order valence-corrected chi connectivity index (χ3v) is 2.92. The number of aryl methyl sites for hydroxylation is 2. The van der Waals surface area contributed by atoms with Crippen LogP contribution in [0, 0.1) is 0 Å². The van der Waals surface area contributed by atoms with Gasteiger partial charge in [-0.25, -0.2) is 0 Å². The summed E-state index contributed by atoms with van der Waals surface area (Å²) in [6, 6.07) is 3.63. The Morgan fingerprint density at radius 1 is 0.889 bits per heavy atom. The molecule has 0 radical (unpaired) electrons. The summed E-state index contributed by atoms with van der Waals surface area (Å²) < 4.78 is 10.2. The van der Waals surface area contributed by atoms with Crippen LogP contribution in [0.4, 0.5) is 0 Å². The highest BCUT2D eigenvalue weighted by molar-refractivity contribution is 5.74. The molecule has 0 saturated heterocycles. The molecule has 0 atom stereocenters. The average molecular weight is 248 g/mol. The number of fused-ring (bicyclic) bond motifs is 1. The topological polar surface area (TPSA) is 52.6 Å². The van der Waals surface area contributed by atoms with Gasteiger partial charge in [-0.3, -0.25) is 9.59 Å². The molecule has 1 aliphatic carbocycles. The largest absolute Gasteiger partial charge is 0.423 e. The predicted molar refractivity (Wildman–Crippen MR) is 65.7 cm³/mol. The van der Waals surface area contributed by atoms with Gasteiger partial charge in [-0.05, 0) is 48.9 Å². The molecular weight excluding hydrogens is 232 g/mol. The number of carbonyl (C=O) groups is 2. The summed E-state index contributed by atoms with van der Waals surface area (Å²) in [7, 11) is 0. The fraction of sp³-hybridized carbons (Fsp3) is 0.429. The summed E-state index contributed by atoms with van der Waals surface area (Å²) >= 11 is 0. The molecule has 18 heavy (non-hydrogen) atoms. The normalized spacial score (nSPS) is 13.7. The van der Waals surface area contributed by atoms with Crippen molar-refractivity contribution in [1.82, 2.24) is 0 Å². The minimum Gasteiger partial charge on any atom is -0.423 e. The van der Waals surface area contributed by atoms with Gasteiger partial charge in [-0.2, -0.15) is 0 Å². The third-order valence-electron chi connectivity index (χ3n) is 2.92. The number of rotatable bonds is 2. The predicted octanol–water partition coefficient (Wildman–Crippen LogP) is 2.42. The van der Waals surface area contributed by atoms with Crippen LogP contribution < -0.4 is 9.47 Å². The zero-order chi connectivity index (χ0) is 13.1. The van der Waals surface area contributed by atoms with E-state index in [4.69, 9.17) is 9.47 Å². The number of hydrogen-bond acceptors (Lipinski definition) is 4. The van der Waals surface area contributed by atoms with Gasteiger partial charge in [0, 0.05) is 13.8 Å². The smallest absolute Gasteiger partial charge is 0.308 e. The molecule has 1 aromatic rings. The maximum absolute atomic E-state index is 11.1. The maximum atomic E-state index is 11.1. The molecule has 0 bridgehead atoms. The lowest BCUT2D eigenvalue weighted by atomic mass is 9.91. The second-order valence-electron chi connectivity index (χ2n) is 4.46. The zero-order valence-electron chi connectivity index (χ0n) is 10.6. The van der Waals surface area contributed by atoms with Crippen LogP contribution in [0.5, 0.6) is 11.5 Å². The summed E-state index contributed by atoms with van der Waals surface area (Å²) in [5.74, 6) is -0.171. The van der Waals surface area contributed by atoms with Crippen molar-refractivity contribution >= 4 is 11.9 Å². The summed E-state index contributed by atoms with van der Waals surface area (Å²) in [6.07, 6.45) is 4.23. The van der Waals surface area contributed by atoms with Crippen LogP contribution in [0.1, 0.15) is 37.8 Å². The van der Waals surface area contributed by atoms with Crippen LogP contribution in [-0.2, 0) is 22.4 Å². The second-order valence-corrected chi connectivity index (χ2v) is 4.46. The van der Waals surface area contributed by atoms with E-state index in [1.165, 1.54) is 25.0 Å². The SMILES string of the molecule is CC(=O)Oc1cc2c(cc1OC(C)=O)CCCC2. The molecule has 0 aliphatic heterocycles. The monoisotopic (exact) mass is 248 g/mol. The van der Waals surface area contributed by atoms with E-state index in [1.54, 1.807) is 0 Å². The van der Waals surface area contributed by atoms with E-state index in [-0.39, 0.29) is 0 Å². The van der Waals surface area contributed by atoms with Crippen molar-refractivity contribution in [2.45, 2.75) is 39.5 Å². The van der Waals surface area contributed by atoms with Crippen molar-refractivity contribution in [2.24, 2.45) is 0 Å². The van der Waals surface area contributed by atoms with Gasteiger partial charge >= 0.3 is 11.9 Å². The average Bonchev–Trinajstić information content (AvgIpc) is 2.28. The van der Waals surface area contributed by atoms with E-state index >= 15 is 0 Å². The third kappa shape index (κ3) is 2.88. The minimum absolute atomic E-state index is 0.332. The van der Waals surface area contributed by atoms with E-state index < -0.39 is 11.9 Å². The van der Waals surface area contributed by atoms with Crippen LogP contribution in [0.15, 0.2) is 12.1 Å². The van der Waals surface area contributed by atoms with Gasteiger partial charge in [0.15, 0.2) is 11.5 Å². The van der Waals surface area contributed by atoms with Gasteiger partial charge in [-0.1, -0.05) is 0 Å². The molecule has 0 unspecified atom stereocenters. The van der Waals surface area contributed by atoms with Crippen LogP contribution in [0.3, 0.4) is 0 Å². The fourth-order valence-corrected chi connectivity index (χ4v) is 2.21. The van der Waals surface area contributed by atoms with E-state index in [1.807, 2.05) is 12.1 Å². The molecule has 4 nitrogen and oxygen atoms in total. The fourth-order valence-electron chi connectivity index (χ4n) is 2.21. The van der Waals surface area contributed by atoms with Crippen molar-refractivity contribution < 1.29 is 19.1 Å². The first-order valence-corrected chi connectivity index (χ1v) is 6.09. The minimum atomic E-state index is -0.417. The highest BCUT2D eigenvalue weighted by atomic mass is 16.6. The first-order valence-electron chi connectivity index (χ1n) is 6.09. The molecule has 96 valence electrons. The number of carbonyl (C=O) groups excluding carboxylic acids is 2. The van der Waals surface area contributed by atoms with Crippen molar-refractivity contribution in [3.63, 3.8) is 0 Å². The molecule has 0 amide bonds. The summed E-state index contributed by atoms with van der Waals surface area (Å²) in [6.45, 7) is 2.66. The molecule has 0 saturated carbocycles. The number of ether oxygens (including phenoxy) is 2. The molecule has 1 aliphatic rings. The van der Waals surface area contributed by atoms with E-state index in [2.05, 4.69) is 0 Å². The van der Waals surface area contributed by atoms with Crippen molar-refractivity contribution in [2.75, 3.05) is 0 Å². The Bertz CT molecular complexity index is 446. The Kier molecular flexibility index (Phi) is 3.65. The lowest BCUT2D eigenvalue weighted by Gasteiger charge is -2.18. The molecule has 0 fully saturated rings. The van der Waals surface area contributed by atoms with Crippen LogP contribution >= 0.6 is 0 Å². The Morgan fingerprint density at radius 3 is 1.61 bits per heavy atom. The molecule has 0 heterocycles. The number of benzene rings is 1. The molecular formula is C14H16O4. The summed E-state index contributed by atoms with van der Waals surface area (Å²) in [5.41, 5.74) is 2.35. The molecule has 0 aromatic heterocycles. The summed E-state index contributed by atoms with van der Waals surface area (Å²) in [5, 5.41) is 0. The van der Waals surface area contributed by atoms with Gasteiger partial charge in [0.05, 0.1) is 0 Å². The van der Waals surface area contributed by atoms with Gasteiger partial charge in [0.1, 0.15) is 0 Å². The van der Waals surface area contributed by atoms with Gasteiger partial charge in [-0.15, -0.1) is 0 Å². The van der Waals surface area contributed by atoms with Crippen LogP contribution in [0.2, 0.25) is 0 Å². The highest BCUT2D eigenvalue weighted by Gasteiger charge is 2.17. The Balaban J connectivity index is 2.40. The quantitative estimate of drug-likeness (QED) is 0.595. The van der Waals surface area contributed by atoms with Crippen LogP contribution in [-0.4, -0.2) is 11.9 Å². The van der Waals surface area contributed by atoms with Crippen LogP contribution in [0.25, 0.3) is 0 Å². The Hall–Kier alpha value is -1.84. The van der Waals surface area contributed by atoms with E-state index in [9.17, 15) is 9.59 Å². The number of esters is 2. The van der Waals surface area contributed by atoms with Crippen molar-refractivity contribution in [1.29, 1.82) is 0 Å². The standard InChI is InChI=1S/C14H16O4/c1-9(15)17-13-7-11-5-3-4-6-12(11)8-14(13)18-10(2)16/h7-8H,3-6H2,1-2H3. The first-order chi connectivity index (χ1) is 8.56. The highest BCUT2D eigenvalue weighted by Crippen LogP contribution is 2.34. The lowest BCUT2D eigenvalue weighted by molar-refractivity contribution is -0.134. The Morgan fingerprint density at radius 2 is 1.28 bits per heavy atom. The first kappa shape index (κ1) is 12.6. The lowest BCUT2D eigenvalue weighted by Crippen LogP contribution is -2.10.